The summed E-state index contributed by atoms with van der Waals surface area (Å²) in [6.07, 6.45) is 3.66. The minimum absolute atomic E-state index is 1.21. The fourth-order valence-corrected chi connectivity index (χ4v) is 2.21. The third-order valence-electron chi connectivity index (χ3n) is 3.30. The smallest absolute Gasteiger partial charge is 0.0480 e. The number of hydrogen-bond donors (Lipinski definition) is 0. The zero-order chi connectivity index (χ0) is 13.8. The van der Waals surface area contributed by atoms with Crippen LogP contribution in [0.3, 0.4) is 0 Å². The van der Waals surface area contributed by atoms with Crippen molar-refractivity contribution in [1.29, 1.82) is 0 Å². The van der Waals surface area contributed by atoms with Crippen LogP contribution in [0.15, 0.2) is 48.8 Å². The Labute approximate surface area is 114 Å². The fraction of sp³-hybridized carbons (Fsp3) is 0.235. The second kappa shape index (κ2) is 5.70. The van der Waals surface area contributed by atoms with Gasteiger partial charge >= 0.3 is 0 Å². The number of rotatable bonds is 1. The zero-order valence-corrected chi connectivity index (χ0v) is 12.0. The first-order valence-electron chi connectivity index (χ1n) is 6.72. The van der Waals surface area contributed by atoms with E-state index >= 15 is 0 Å². The van der Waals surface area contributed by atoms with Crippen LogP contribution in [0.1, 0.15) is 19.5 Å². The van der Waals surface area contributed by atoms with E-state index in [4.69, 9.17) is 0 Å². The molecular formula is C17H20N2. The van der Waals surface area contributed by atoms with Gasteiger partial charge < -0.3 is 4.57 Å². The van der Waals surface area contributed by atoms with Crippen molar-refractivity contribution in [2.24, 2.45) is 7.05 Å². The lowest BCUT2D eigenvalue weighted by atomic mass is 10.1. The standard InChI is InChI=1S/C15H14N2.C2H6/c1-11-9-14-10-13(3-4-15(14)17(11)2)12-5-7-16-8-6-12;1-2/h3-10H,1-2H3;1-2H3. The summed E-state index contributed by atoms with van der Waals surface area (Å²) in [4.78, 5) is 4.05. The van der Waals surface area contributed by atoms with E-state index in [9.17, 15) is 0 Å². The van der Waals surface area contributed by atoms with Gasteiger partial charge in [0.2, 0.25) is 0 Å². The van der Waals surface area contributed by atoms with Crippen molar-refractivity contribution in [2.45, 2.75) is 20.8 Å². The predicted octanol–water partition coefficient (Wildman–Crippen LogP) is 4.57. The van der Waals surface area contributed by atoms with E-state index in [1.165, 1.54) is 27.7 Å². The summed E-state index contributed by atoms with van der Waals surface area (Å²) in [5.74, 6) is 0. The highest BCUT2D eigenvalue weighted by atomic mass is 14.9. The maximum Gasteiger partial charge on any atom is 0.0480 e. The van der Waals surface area contributed by atoms with Crippen LogP contribution < -0.4 is 0 Å². The Morgan fingerprint density at radius 1 is 0.895 bits per heavy atom. The van der Waals surface area contributed by atoms with Gasteiger partial charge in [-0.25, -0.2) is 0 Å². The number of aromatic nitrogens is 2. The van der Waals surface area contributed by atoms with Crippen molar-refractivity contribution in [3.05, 3.63) is 54.5 Å². The second-order valence-electron chi connectivity index (χ2n) is 4.35. The van der Waals surface area contributed by atoms with Gasteiger partial charge in [0.15, 0.2) is 0 Å². The molecule has 98 valence electrons. The van der Waals surface area contributed by atoms with E-state index in [0.717, 1.165) is 0 Å². The number of benzene rings is 1. The van der Waals surface area contributed by atoms with E-state index in [-0.39, 0.29) is 0 Å². The minimum atomic E-state index is 1.21. The molecule has 2 aromatic heterocycles. The van der Waals surface area contributed by atoms with Crippen LogP contribution in [0.4, 0.5) is 0 Å². The Hall–Kier alpha value is -2.09. The topological polar surface area (TPSA) is 17.8 Å². The molecule has 0 spiro atoms. The first-order chi connectivity index (χ1) is 9.25. The molecule has 0 saturated heterocycles. The molecular weight excluding hydrogens is 232 g/mol. The molecule has 0 amide bonds. The zero-order valence-electron chi connectivity index (χ0n) is 12.0. The van der Waals surface area contributed by atoms with E-state index in [2.05, 4.69) is 47.8 Å². The molecule has 0 N–H and O–H groups in total. The highest BCUT2D eigenvalue weighted by molar-refractivity contribution is 5.86. The molecule has 0 unspecified atom stereocenters. The van der Waals surface area contributed by atoms with Gasteiger partial charge in [0.05, 0.1) is 0 Å². The van der Waals surface area contributed by atoms with Crippen LogP contribution in [-0.4, -0.2) is 9.55 Å². The first kappa shape index (κ1) is 13.3. The first-order valence-corrected chi connectivity index (χ1v) is 6.72. The van der Waals surface area contributed by atoms with Gasteiger partial charge in [-0.2, -0.15) is 0 Å². The van der Waals surface area contributed by atoms with Crippen molar-refractivity contribution in [3.8, 4) is 11.1 Å². The highest BCUT2D eigenvalue weighted by Gasteiger charge is 2.04. The van der Waals surface area contributed by atoms with Crippen molar-refractivity contribution in [3.63, 3.8) is 0 Å². The van der Waals surface area contributed by atoms with Gasteiger partial charge in [0.1, 0.15) is 0 Å². The fourth-order valence-electron chi connectivity index (χ4n) is 2.21. The quantitative estimate of drug-likeness (QED) is 0.620. The molecule has 19 heavy (non-hydrogen) atoms. The monoisotopic (exact) mass is 252 g/mol. The van der Waals surface area contributed by atoms with Crippen molar-refractivity contribution in [2.75, 3.05) is 0 Å². The van der Waals surface area contributed by atoms with Crippen LogP contribution in [0.25, 0.3) is 22.0 Å². The van der Waals surface area contributed by atoms with E-state index in [1.54, 1.807) is 0 Å². The number of nitrogens with zero attached hydrogens (tertiary/aromatic N) is 2. The molecule has 2 nitrogen and oxygen atoms in total. The van der Waals surface area contributed by atoms with Crippen LogP contribution in [0.2, 0.25) is 0 Å². The van der Waals surface area contributed by atoms with Gasteiger partial charge in [-0.15, -0.1) is 0 Å². The number of pyridine rings is 1. The van der Waals surface area contributed by atoms with Gasteiger partial charge in [0.25, 0.3) is 0 Å². The van der Waals surface area contributed by atoms with E-state index < -0.39 is 0 Å². The summed E-state index contributed by atoms with van der Waals surface area (Å²) in [6, 6.07) is 12.9. The van der Waals surface area contributed by atoms with Crippen LogP contribution >= 0.6 is 0 Å². The third-order valence-corrected chi connectivity index (χ3v) is 3.30. The van der Waals surface area contributed by atoms with Gasteiger partial charge in [-0.1, -0.05) is 19.9 Å². The van der Waals surface area contributed by atoms with Gasteiger partial charge in [-0.3, -0.25) is 4.98 Å². The molecule has 2 heterocycles. The van der Waals surface area contributed by atoms with Gasteiger partial charge in [-0.05, 0) is 48.4 Å². The summed E-state index contributed by atoms with van der Waals surface area (Å²) in [7, 11) is 2.10. The van der Waals surface area contributed by atoms with Crippen LogP contribution in [0.5, 0.6) is 0 Å². The number of aryl methyl sites for hydroxylation is 2. The molecule has 0 radical (unpaired) electrons. The molecule has 0 bridgehead atoms. The SMILES string of the molecule is CC.Cc1cc2cc(-c3ccncc3)ccc2n1C. The highest BCUT2D eigenvalue weighted by Crippen LogP contribution is 2.25. The molecule has 0 fully saturated rings. The third kappa shape index (κ3) is 2.53. The Morgan fingerprint density at radius 2 is 1.58 bits per heavy atom. The lowest BCUT2D eigenvalue weighted by Crippen LogP contribution is -1.88. The average molecular weight is 252 g/mol. The van der Waals surface area contributed by atoms with Crippen LogP contribution in [0, 0.1) is 6.92 Å². The molecule has 0 aliphatic heterocycles. The normalized spacial score (nSPS) is 10.1. The number of hydrogen-bond acceptors (Lipinski definition) is 1. The Morgan fingerprint density at radius 3 is 2.26 bits per heavy atom. The van der Waals surface area contributed by atoms with E-state index in [0.29, 0.717) is 0 Å². The molecule has 0 aliphatic carbocycles. The maximum absolute atomic E-state index is 4.05. The molecule has 0 saturated carbocycles. The molecule has 3 rings (SSSR count). The molecule has 1 aromatic carbocycles. The van der Waals surface area contributed by atoms with E-state index in [1.807, 2.05) is 38.4 Å². The Bertz CT molecular complexity index is 666. The lowest BCUT2D eigenvalue weighted by Gasteiger charge is -2.02. The Balaban J connectivity index is 0.000000637. The number of fused-ring (bicyclic) bond motifs is 1. The predicted molar refractivity (Wildman–Crippen MR) is 82.2 cm³/mol. The summed E-state index contributed by atoms with van der Waals surface area (Å²) >= 11 is 0. The summed E-state index contributed by atoms with van der Waals surface area (Å²) < 4.78 is 2.21. The van der Waals surface area contributed by atoms with Crippen molar-refractivity contribution < 1.29 is 0 Å². The van der Waals surface area contributed by atoms with Crippen molar-refractivity contribution in [1.82, 2.24) is 9.55 Å². The summed E-state index contributed by atoms with van der Waals surface area (Å²) in [6.45, 7) is 6.13. The molecule has 0 aliphatic rings. The lowest BCUT2D eigenvalue weighted by molar-refractivity contribution is 0.918. The molecule has 2 heteroatoms. The summed E-state index contributed by atoms with van der Waals surface area (Å²) in [5, 5.41) is 1.29. The minimum Gasteiger partial charge on any atom is -0.348 e. The second-order valence-corrected chi connectivity index (χ2v) is 4.35. The largest absolute Gasteiger partial charge is 0.348 e. The molecule has 3 aromatic rings. The van der Waals surface area contributed by atoms with Crippen LogP contribution in [-0.2, 0) is 7.05 Å². The molecule has 0 atom stereocenters. The average Bonchev–Trinajstić information content (AvgIpc) is 2.77. The summed E-state index contributed by atoms with van der Waals surface area (Å²) in [5.41, 5.74) is 5.01. The van der Waals surface area contributed by atoms with Gasteiger partial charge in [0, 0.05) is 36.0 Å². The maximum atomic E-state index is 4.05. The van der Waals surface area contributed by atoms with Crippen molar-refractivity contribution >= 4 is 10.9 Å². The Kier molecular flexibility index (Phi) is 4.00.